The standard InChI is InChI=1S/C19H21N7O/c1-13-5-6-17(24-23-13)21-15-4-2-3-14(11-15)19(27)22-18-8-10-26(25-18)16-7-9-20-12-16/h2-6,8,10-11,16,20H,7,9,12H2,1H3,(H,21,24)(H,22,25,27). The molecular weight excluding hydrogens is 342 g/mol. The zero-order valence-electron chi connectivity index (χ0n) is 15.0. The number of amides is 1. The Morgan fingerprint density at radius 2 is 2.11 bits per heavy atom. The Hall–Kier alpha value is -3.26. The predicted molar refractivity (Wildman–Crippen MR) is 103 cm³/mol. The van der Waals surface area contributed by atoms with Gasteiger partial charge in [0.25, 0.3) is 5.91 Å². The summed E-state index contributed by atoms with van der Waals surface area (Å²) in [6.07, 6.45) is 2.95. The Bertz CT molecular complexity index is 929. The first kappa shape index (κ1) is 17.2. The third-order valence-electron chi connectivity index (χ3n) is 4.45. The van der Waals surface area contributed by atoms with Gasteiger partial charge in [-0.25, -0.2) is 0 Å². The van der Waals surface area contributed by atoms with Crippen LogP contribution in [0.1, 0.15) is 28.5 Å². The maximum absolute atomic E-state index is 12.6. The van der Waals surface area contributed by atoms with Crippen molar-refractivity contribution in [1.82, 2.24) is 25.3 Å². The fourth-order valence-corrected chi connectivity index (χ4v) is 3.01. The summed E-state index contributed by atoms with van der Waals surface area (Å²) >= 11 is 0. The Kier molecular flexibility index (Phi) is 4.80. The van der Waals surface area contributed by atoms with E-state index in [2.05, 4.69) is 31.2 Å². The summed E-state index contributed by atoms with van der Waals surface area (Å²) < 4.78 is 1.91. The lowest BCUT2D eigenvalue weighted by molar-refractivity contribution is 0.102. The molecule has 1 unspecified atom stereocenters. The fraction of sp³-hybridized carbons (Fsp3) is 0.263. The number of nitrogens with zero attached hydrogens (tertiary/aromatic N) is 4. The second kappa shape index (κ2) is 7.55. The summed E-state index contributed by atoms with van der Waals surface area (Å²) in [6, 6.07) is 13.1. The van der Waals surface area contributed by atoms with E-state index < -0.39 is 0 Å². The van der Waals surface area contributed by atoms with Crippen molar-refractivity contribution in [2.24, 2.45) is 0 Å². The van der Waals surface area contributed by atoms with Gasteiger partial charge in [0.2, 0.25) is 0 Å². The minimum atomic E-state index is -0.205. The Balaban J connectivity index is 1.43. The predicted octanol–water partition coefficient (Wildman–Crippen LogP) is 2.51. The maximum atomic E-state index is 12.6. The van der Waals surface area contributed by atoms with Crippen molar-refractivity contribution in [3.8, 4) is 0 Å². The molecule has 1 aliphatic heterocycles. The topological polar surface area (TPSA) is 96.8 Å². The molecule has 3 heterocycles. The van der Waals surface area contributed by atoms with Gasteiger partial charge in [0.15, 0.2) is 11.6 Å². The van der Waals surface area contributed by atoms with Crippen LogP contribution in [0.3, 0.4) is 0 Å². The number of aromatic nitrogens is 4. The number of hydrogen-bond donors (Lipinski definition) is 3. The number of rotatable bonds is 5. The molecular formula is C19H21N7O. The molecule has 0 saturated carbocycles. The van der Waals surface area contributed by atoms with Crippen molar-refractivity contribution in [3.63, 3.8) is 0 Å². The number of aryl methyl sites for hydroxylation is 1. The molecule has 8 heteroatoms. The van der Waals surface area contributed by atoms with Gasteiger partial charge in [-0.05, 0) is 50.2 Å². The number of benzene rings is 1. The average molecular weight is 363 g/mol. The summed E-state index contributed by atoms with van der Waals surface area (Å²) in [4.78, 5) is 12.6. The zero-order chi connectivity index (χ0) is 18.6. The molecule has 1 aromatic carbocycles. The lowest BCUT2D eigenvalue weighted by atomic mass is 10.2. The van der Waals surface area contributed by atoms with Crippen LogP contribution >= 0.6 is 0 Å². The lowest BCUT2D eigenvalue weighted by Crippen LogP contribution is -2.15. The highest BCUT2D eigenvalue weighted by Crippen LogP contribution is 2.18. The monoisotopic (exact) mass is 363 g/mol. The molecule has 138 valence electrons. The third-order valence-corrected chi connectivity index (χ3v) is 4.45. The summed E-state index contributed by atoms with van der Waals surface area (Å²) in [5, 5.41) is 21.9. The van der Waals surface area contributed by atoms with Crippen molar-refractivity contribution < 1.29 is 4.79 Å². The van der Waals surface area contributed by atoms with Gasteiger partial charge in [-0.2, -0.15) is 10.2 Å². The van der Waals surface area contributed by atoms with Gasteiger partial charge in [-0.3, -0.25) is 9.48 Å². The molecule has 1 fully saturated rings. The molecule has 3 aromatic rings. The molecule has 0 aliphatic carbocycles. The van der Waals surface area contributed by atoms with Crippen LogP contribution in [0.5, 0.6) is 0 Å². The molecule has 1 aliphatic rings. The van der Waals surface area contributed by atoms with E-state index in [9.17, 15) is 4.79 Å². The van der Waals surface area contributed by atoms with E-state index in [0.29, 0.717) is 23.2 Å². The molecule has 3 N–H and O–H groups in total. The van der Waals surface area contributed by atoms with Crippen LogP contribution in [-0.2, 0) is 0 Å². The van der Waals surface area contributed by atoms with Crippen LogP contribution < -0.4 is 16.0 Å². The summed E-state index contributed by atoms with van der Waals surface area (Å²) in [5.41, 5.74) is 2.15. The van der Waals surface area contributed by atoms with Gasteiger partial charge in [0.1, 0.15) is 0 Å². The van der Waals surface area contributed by atoms with Gasteiger partial charge in [-0.1, -0.05) is 6.07 Å². The Morgan fingerprint density at radius 3 is 2.89 bits per heavy atom. The molecule has 2 aromatic heterocycles. The van der Waals surface area contributed by atoms with E-state index >= 15 is 0 Å². The number of nitrogens with one attached hydrogen (secondary N) is 3. The van der Waals surface area contributed by atoms with Crippen LogP contribution in [0.2, 0.25) is 0 Å². The molecule has 8 nitrogen and oxygen atoms in total. The molecule has 1 saturated heterocycles. The molecule has 0 spiro atoms. The molecule has 1 amide bonds. The first-order valence-electron chi connectivity index (χ1n) is 8.92. The number of carbonyl (C=O) groups is 1. The highest BCUT2D eigenvalue weighted by Gasteiger charge is 2.17. The quantitative estimate of drug-likeness (QED) is 0.644. The number of hydrogen-bond acceptors (Lipinski definition) is 6. The fourth-order valence-electron chi connectivity index (χ4n) is 3.01. The van der Waals surface area contributed by atoms with Gasteiger partial charge < -0.3 is 16.0 Å². The molecule has 27 heavy (non-hydrogen) atoms. The van der Waals surface area contributed by atoms with Gasteiger partial charge >= 0.3 is 0 Å². The largest absolute Gasteiger partial charge is 0.339 e. The van der Waals surface area contributed by atoms with Gasteiger partial charge in [0, 0.05) is 30.1 Å². The smallest absolute Gasteiger partial charge is 0.256 e. The Labute approximate surface area is 157 Å². The first-order chi connectivity index (χ1) is 13.2. The average Bonchev–Trinajstić information content (AvgIpc) is 3.35. The highest BCUT2D eigenvalue weighted by molar-refractivity contribution is 6.04. The van der Waals surface area contributed by atoms with Crippen LogP contribution in [0.25, 0.3) is 0 Å². The summed E-state index contributed by atoms with van der Waals surface area (Å²) in [7, 11) is 0. The summed E-state index contributed by atoms with van der Waals surface area (Å²) in [6.45, 7) is 3.79. The van der Waals surface area contributed by atoms with E-state index in [1.165, 1.54) is 0 Å². The van der Waals surface area contributed by atoms with Gasteiger partial charge in [-0.15, -0.1) is 5.10 Å². The molecule has 4 rings (SSSR count). The van der Waals surface area contributed by atoms with E-state index in [4.69, 9.17) is 0 Å². The SMILES string of the molecule is Cc1ccc(Nc2cccc(C(=O)Nc3ccn(C4CCNC4)n3)c2)nn1. The third kappa shape index (κ3) is 4.12. The van der Waals surface area contributed by atoms with E-state index in [-0.39, 0.29) is 5.91 Å². The second-order valence-corrected chi connectivity index (χ2v) is 6.55. The maximum Gasteiger partial charge on any atom is 0.256 e. The second-order valence-electron chi connectivity index (χ2n) is 6.55. The Morgan fingerprint density at radius 1 is 1.19 bits per heavy atom. The zero-order valence-corrected chi connectivity index (χ0v) is 15.0. The van der Waals surface area contributed by atoms with Crippen molar-refractivity contribution >= 4 is 23.2 Å². The highest BCUT2D eigenvalue weighted by atomic mass is 16.1. The van der Waals surface area contributed by atoms with Crippen LogP contribution in [0.4, 0.5) is 17.3 Å². The lowest BCUT2D eigenvalue weighted by Gasteiger charge is -2.09. The normalized spacial score (nSPS) is 16.3. The molecule has 1 atom stereocenters. The minimum absolute atomic E-state index is 0.205. The van der Waals surface area contributed by atoms with E-state index in [0.717, 1.165) is 30.9 Å². The van der Waals surface area contributed by atoms with Crippen LogP contribution in [0, 0.1) is 6.92 Å². The molecule has 0 radical (unpaired) electrons. The molecule has 0 bridgehead atoms. The van der Waals surface area contributed by atoms with Crippen molar-refractivity contribution in [2.75, 3.05) is 23.7 Å². The van der Waals surface area contributed by atoms with Crippen LogP contribution in [-0.4, -0.2) is 39.0 Å². The van der Waals surface area contributed by atoms with Crippen molar-refractivity contribution in [3.05, 3.63) is 59.9 Å². The van der Waals surface area contributed by atoms with Gasteiger partial charge in [0.05, 0.1) is 11.7 Å². The first-order valence-corrected chi connectivity index (χ1v) is 8.92. The van der Waals surface area contributed by atoms with E-state index in [1.807, 2.05) is 48.1 Å². The van der Waals surface area contributed by atoms with Crippen molar-refractivity contribution in [2.45, 2.75) is 19.4 Å². The van der Waals surface area contributed by atoms with Crippen LogP contribution in [0.15, 0.2) is 48.7 Å². The number of carbonyl (C=O) groups excluding carboxylic acids is 1. The van der Waals surface area contributed by atoms with E-state index in [1.54, 1.807) is 12.1 Å². The van der Waals surface area contributed by atoms with Crippen molar-refractivity contribution in [1.29, 1.82) is 0 Å². The minimum Gasteiger partial charge on any atom is -0.339 e. The summed E-state index contributed by atoms with van der Waals surface area (Å²) in [5.74, 6) is 0.972. The number of anilines is 3.